The third-order valence-electron chi connectivity index (χ3n) is 4.50. The molecular formula is C15H19ClN2S. The number of benzene rings is 1. The quantitative estimate of drug-likeness (QED) is 0.802. The molecule has 0 aromatic heterocycles. The second-order valence-corrected chi connectivity index (χ2v) is 6.68. The monoisotopic (exact) mass is 294 g/mol. The Balaban J connectivity index is 1.61. The Bertz CT molecular complexity index is 503. The van der Waals surface area contributed by atoms with Gasteiger partial charge in [-0.25, -0.2) is 0 Å². The van der Waals surface area contributed by atoms with E-state index in [0.717, 1.165) is 33.2 Å². The molecule has 2 N–H and O–H groups in total. The van der Waals surface area contributed by atoms with Crippen LogP contribution in [0, 0.1) is 18.8 Å². The van der Waals surface area contributed by atoms with Crippen LogP contribution >= 0.6 is 23.8 Å². The molecule has 1 aromatic rings. The minimum absolute atomic E-state index is 0.568. The molecule has 2 aliphatic carbocycles. The van der Waals surface area contributed by atoms with Crippen molar-refractivity contribution < 1.29 is 0 Å². The summed E-state index contributed by atoms with van der Waals surface area (Å²) in [6.07, 6.45) is 5.44. The van der Waals surface area contributed by atoms with Crippen LogP contribution in [0.5, 0.6) is 0 Å². The first kappa shape index (κ1) is 13.2. The predicted molar refractivity (Wildman–Crippen MR) is 84.8 cm³/mol. The number of thiocarbonyl (C=S) groups is 1. The lowest BCUT2D eigenvalue weighted by molar-refractivity contribution is 0.392. The van der Waals surface area contributed by atoms with Gasteiger partial charge in [0.05, 0.1) is 0 Å². The number of anilines is 1. The van der Waals surface area contributed by atoms with Gasteiger partial charge in [0, 0.05) is 16.8 Å². The molecule has 19 heavy (non-hydrogen) atoms. The van der Waals surface area contributed by atoms with Crippen LogP contribution in [0.1, 0.15) is 31.2 Å². The molecule has 3 rings (SSSR count). The molecule has 3 atom stereocenters. The molecule has 2 bridgehead atoms. The first-order chi connectivity index (χ1) is 9.11. The molecule has 0 heterocycles. The van der Waals surface area contributed by atoms with Gasteiger partial charge in [0.2, 0.25) is 0 Å². The normalized spacial score (nSPS) is 28.4. The summed E-state index contributed by atoms with van der Waals surface area (Å²) in [7, 11) is 0. The zero-order valence-corrected chi connectivity index (χ0v) is 12.7. The summed E-state index contributed by atoms with van der Waals surface area (Å²) in [5, 5.41) is 8.21. The highest BCUT2D eigenvalue weighted by atomic mass is 35.5. The molecule has 1 aromatic carbocycles. The third-order valence-corrected chi connectivity index (χ3v) is 4.96. The van der Waals surface area contributed by atoms with Gasteiger partial charge in [0.25, 0.3) is 0 Å². The number of aryl methyl sites for hydroxylation is 1. The highest BCUT2D eigenvalue weighted by molar-refractivity contribution is 7.80. The van der Waals surface area contributed by atoms with Gasteiger partial charge in [-0.15, -0.1) is 0 Å². The van der Waals surface area contributed by atoms with E-state index >= 15 is 0 Å². The predicted octanol–water partition coefficient (Wildman–Crippen LogP) is 4.12. The Morgan fingerprint density at radius 1 is 1.32 bits per heavy atom. The summed E-state index contributed by atoms with van der Waals surface area (Å²) in [4.78, 5) is 0. The summed E-state index contributed by atoms with van der Waals surface area (Å²) >= 11 is 11.4. The summed E-state index contributed by atoms with van der Waals surface area (Å²) < 4.78 is 0. The molecule has 0 radical (unpaired) electrons. The van der Waals surface area contributed by atoms with Crippen LogP contribution < -0.4 is 10.6 Å². The van der Waals surface area contributed by atoms with E-state index in [0.29, 0.717) is 6.04 Å². The van der Waals surface area contributed by atoms with Crippen molar-refractivity contribution in [3.63, 3.8) is 0 Å². The van der Waals surface area contributed by atoms with Gasteiger partial charge in [-0.05, 0) is 67.9 Å². The smallest absolute Gasteiger partial charge is 0.171 e. The lowest BCUT2D eigenvalue weighted by Crippen LogP contribution is -2.40. The molecular weight excluding hydrogens is 276 g/mol. The van der Waals surface area contributed by atoms with E-state index in [9.17, 15) is 0 Å². The summed E-state index contributed by atoms with van der Waals surface area (Å²) in [5.74, 6) is 1.75. The van der Waals surface area contributed by atoms with Gasteiger partial charge in [0.1, 0.15) is 0 Å². The minimum atomic E-state index is 0.568. The van der Waals surface area contributed by atoms with E-state index in [1.165, 1.54) is 25.7 Å². The molecule has 2 aliphatic rings. The Hall–Kier alpha value is -0.800. The largest absolute Gasteiger partial charge is 0.359 e. The van der Waals surface area contributed by atoms with E-state index in [-0.39, 0.29) is 0 Å². The average molecular weight is 295 g/mol. The first-order valence-electron chi connectivity index (χ1n) is 6.95. The zero-order chi connectivity index (χ0) is 13.4. The molecule has 0 amide bonds. The number of rotatable bonds is 2. The van der Waals surface area contributed by atoms with Gasteiger partial charge in [-0.3, -0.25) is 0 Å². The van der Waals surface area contributed by atoms with E-state index in [1.54, 1.807) is 0 Å². The first-order valence-corrected chi connectivity index (χ1v) is 7.74. The van der Waals surface area contributed by atoms with E-state index in [4.69, 9.17) is 23.8 Å². The topological polar surface area (TPSA) is 24.1 Å². The van der Waals surface area contributed by atoms with Crippen molar-refractivity contribution >= 4 is 34.6 Å². The number of fused-ring (bicyclic) bond motifs is 2. The van der Waals surface area contributed by atoms with Gasteiger partial charge >= 0.3 is 0 Å². The molecule has 102 valence electrons. The van der Waals surface area contributed by atoms with Crippen LogP contribution in [0.15, 0.2) is 18.2 Å². The van der Waals surface area contributed by atoms with Crippen molar-refractivity contribution in [3.8, 4) is 0 Å². The lowest BCUT2D eigenvalue weighted by Gasteiger charge is -2.24. The second kappa shape index (κ2) is 5.29. The second-order valence-electron chi connectivity index (χ2n) is 5.84. The van der Waals surface area contributed by atoms with Crippen molar-refractivity contribution in [2.24, 2.45) is 11.8 Å². The van der Waals surface area contributed by atoms with Crippen LogP contribution in [-0.2, 0) is 0 Å². The molecule has 0 saturated heterocycles. The van der Waals surface area contributed by atoms with E-state index < -0.39 is 0 Å². The number of hydrogen-bond donors (Lipinski definition) is 2. The molecule has 2 saturated carbocycles. The lowest BCUT2D eigenvalue weighted by atomic mass is 9.95. The van der Waals surface area contributed by atoms with Gasteiger partial charge in [-0.1, -0.05) is 24.1 Å². The molecule has 2 nitrogen and oxygen atoms in total. The van der Waals surface area contributed by atoms with Crippen molar-refractivity contribution in [1.29, 1.82) is 0 Å². The number of halogens is 1. The molecule has 0 aliphatic heterocycles. The minimum Gasteiger partial charge on any atom is -0.359 e. The average Bonchev–Trinajstić information content (AvgIpc) is 2.96. The van der Waals surface area contributed by atoms with Crippen molar-refractivity contribution in [2.45, 2.75) is 38.6 Å². The summed E-state index contributed by atoms with van der Waals surface area (Å²) in [6, 6.07) is 6.39. The van der Waals surface area contributed by atoms with Crippen LogP contribution in [0.4, 0.5) is 5.69 Å². The fourth-order valence-corrected chi connectivity index (χ4v) is 3.91. The Morgan fingerprint density at radius 2 is 2.16 bits per heavy atom. The number of nitrogens with one attached hydrogen (secondary N) is 2. The molecule has 3 unspecified atom stereocenters. The Kier molecular flexibility index (Phi) is 3.68. The summed E-state index contributed by atoms with van der Waals surface area (Å²) in [6.45, 7) is 2.05. The van der Waals surface area contributed by atoms with E-state index in [1.807, 2.05) is 18.2 Å². The Morgan fingerprint density at radius 3 is 2.84 bits per heavy atom. The van der Waals surface area contributed by atoms with Crippen molar-refractivity contribution in [3.05, 3.63) is 28.8 Å². The fraction of sp³-hybridized carbons (Fsp3) is 0.533. The zero-order valence-electron chi connectivity index (χ0n) is 11.1. The Labute approximate surface area is 124 Å². The maximum atomic E-state index is 6.02. The SMILES string of the molecule is Cc1ccc(Cl)cc1NC(=S)NC1CC2CCC1C2. The van der Waals surface area contributed by atoms with Gasteiger partial charge < -0.3 is 10.6 Å². The summed E-state index contributed by atoms with van der Waals surface area (Å²) in [5.41, 5.74) is 2.15. The highest BCUT2D eigenvalue weighted by Gasteiger charge is 2.39. The van der Waals surface area contributed by atoms with Crippen LogP contribution in [0.25, 0.3) is 0 Å². The van der Waals surface area contributed by atoms with Crippen LogP contribution in [0.3, 0.4) is 0 Å². The third kappa shape index (κ3) is 2.87. The van der Waals surface area contributed by atoms with Gasteiger partial charge in [-0.2, -0.15) is 0 Å². The van der Waals surface area contributed by atoms with Crippen molar-refractivity contribution in [1.82, 2.24) is 5.32 Å². The standard InChI is InChI=1S/C15H19ClN2S/c1-9-2-5-12(16)8-13(9)17-15(19)18-14-7-10-3-4-11(14)6-10/h2,5,8,10-11,14H,3-4,6-7H2,1H3,(H2,17,18,19). The van der Waals surface area contributed by atoms with Crippen LogP contribution in [-0.4, -0.2) is 11.2 Å². The molecule has 4 heteroatoms. The van der Waals surface area contributed by atoms with E-state index in [2.05, 4.69) is 17.6 Å². The maximum Gasteiger partial charge on any atom is 0.171 e. The van der Waals surface area contributed by atoms with Crippen LogP contribution in [0.2, 0.25) is 5.02 Å². The van der Waals surface area contributed by atoms with Gasteiger partial charge in [0.15, 0.2) is 5.11 Å². The highest BCUT2D eigenvalue weighted by Crippen LogP contribution is 2.44. The number of hydrogen-bond acceptors (Lipinski definition) is 1. The molecule has 2 fully saturated rings. The maximum absolute atomic E-state index is 6.02. The fourth-order valence-electron chi connectivity index (χ4n) is 3.48. The van der Waals surface area contributed by atoms with Crippen molar-refractivity contribution in [2.75, 3.05) is 5.32 Å². The molecule has 0 spiro atoms.